The number of nitrogens with one attached hydrogen (secondary N) is 1. The first kappa shape index (κ1) is 16.3. The highest BCUT2D eigenvalue weighted by Crippen LogP contribution is 2.26. The number of hydrogen-bond donors (Lipinski definition) is 1. The van der Waals surface area contributed by atoms with Crippen molar-refractivity contribution in [1.29, 1.82) is 0 Å². The van der Waals surface area contributed by atoms with E-state index >= 15 is 0 Å². The summed E-state index contributed by atoms with van der Waals surface area (Å²) in [5.74, 6) is 0.360. The lowest BCUT2D eigenvalue weighted by Gasteiger charge is -2.20. The zero-order valence-electron chi connectivity index (χ0n) is 13.7. The van der Waals surface area contributed by atoms with E-state index in [-0.39, 0.29) is 11.4 Å². The molecule has 0 atom stereocenters. The van der Waals surface area contributed by atoms with E-state index in [1.54, 1.807) is 35.2 Å². The van der Waals surface area contributed by atoms with E-state index in [9.17, 15) is 4.79 Å². The summed E-state index contributed by atoms with van der Waals surface area (Å²) in [5, 5.41) is 7.97. The summed E-state index contributed by atoms with van der Waals surface area (Å²) in [6.45, 7) is 5.78. The summed E-state index contributed by atoms with van der Waals surface area (Å²) in [5.41, 5.74) is 1.23. The molecule has 1 amide bonds. The third-order valence-corrected chi connectivity index (χ3v) is 3.60. The zero-order chi connectivity index (χ0) is 17.3. The number of hydrogen-bond acceptors (Lipinski definition) is 3. The number of carbonyl (C=O) groups is 1. The molecule has 0 spiro atoms. The van der Waals surface area contributed by atoms with E-state index in [1.165, 1.54) is 0 Å². The fourth-order valence-corrected chi connectivity index (χ4v) is 2.52. The van der Waals surface area contributed by atoms with Gasteiger partial charge in [-0.3, -0.25) is 4.79 Å². The van der Waals surface area contributed by atoms with Crippen LogP contribution in [0.25, 0.3) is 17.1 Å². The highest BCUT2D eigenvalue weighted by Gasteiger charge is 2.23. The molecule has 0 aliphatic heterocycles. The fraction of sp³-hybridized carbons (Fsp3) is 0.222. The Kier molecular flexibility index (Phi) is 4.20. The maximum absolute atomic E-state index is 12.7. The van der Waals surface area contributed by atoms with Crippen LogP contribution >= 0.6 is 11.6 Å². The van der Waals surface area contributed by atoms with Crippen molar-refractivity contribution in [3.63, 3.8) is 0 Å². The molecule has 3 rings (SSSR count). The molecule has 2 heterocycles. The molecule has 6 heteroatoms. The molecule has 0 bridgehead atoms. The second kappa shape index (κ2) is 6.17. The van der Waals surface area contributed by atoms with Crippen LogP contribution in [0.2, 0.25) is 5.02 Å². The quantitative estimate of drug-likeness (QED) is 0.770. The summed E-state index contributed by atoms with van der Waals surface area (Å²) >= 11 is 6.29. The van der Waals surface area contributed by atoms with Gasteiger partial charge in [0.25, 0.3) is 5.91 Å². The minimum atomic E-state index is -0.364. The van der Waals surface area contributed by atoms with Crippen LogP contribution in [0.5, 0.6) is 0 Å². The van der Waals surface area contributed by atoms with E-state index in [0.29, 0.717) is 27.9 Å². The average Bonchev–Trinajstić information content (AvgIpc) is 3.15. The second-order valence-electron chi connectivity index (χ2n) is 6.46. The highest BCUT2D eigenvalue weighted by atomic mass is 35.5. The number of para-hydroxylation sites is 1. The maximum Gasteiger partial charge on any atom is 0.270 e. The number of halogens is 1. The van der Waals surface area contributed by atoms with Crippen molar-refractivity contribution in [3.05, 3.63) is 59.4 Å². The Morgan fingerprint density at radius 3 is 2.58 bits per heavy atom. The first-order chi connectivity index (χ1) is 11.3. The van der Waals surface area contributed by atoms with Gasteiger partial charge in [0, 0.05) is 11.6 Å². The van der Waals surface area contributed by atoms with E-state index in [0.717, 1.165) is 0 Å². The van der Waals surface area contributed by atoms with Gasteiger partial charge in [-0.15, -0.1) is 0 Å². The monoisotopic (exact) mass is 343 g/mol. The van der Waals surface area contributed by atoms with E-state index in [4.69, 9.17) is 16.0 Å². The highest BCUT2D eigenvalue weighted by molar-refractivity contribution is 6.32. The maximum atomic E-state index is 12.7. The molecule has 0 aliphatic carbocycles. The molecular weight excluding hydrogens is 326 g/mol. The average molecular weight is 344 g/mol. The number of benzene rings is 1. The number of aromatic nitrogens is 2. The number of furan rings is 1. The van der Waals surface area contributed by atoms with Gasteiger partial charge in [0.05, 0.1) is 17.0 Å². The van der Waals surface area contributed by atoms with E-state index in [2.05, 4.69) is 10.4 Å². The molecule has 0 radical (unpaired) electrons. The Bertz CT molecular complexity index is 861. The van der Waals surface area contributed by atoms with Crippen LogP contribution in [0, 0.1) is 0 Å². The van der Waals surface area contributed by atoms with Gasteiger partial charge in [0.2, 0.25) is 0 Å². The summed E-state index contributed by atoms with van der Waals surface area (Å²) in [7, 11) is 0. The standard InChI is InChI=1S/C18H18ClN3O2/c1-18(2,3)20-17(23)15-11-13(16-9-6-10-24-16)21-22(15)14-8-5-4-7-12(14)19/h4-11H,1-3H3,(H,20,23). The lowest BCUT2D eigenvalue weighted by molar-refractivity contribution is 0.0911. The van der Waals surface area contributed by atoms with Crippen molar-refractivity contribution in [3.8, 4) is 17.1 Å². The van der Waals surface area contributed by atoms with Crippen molar-refractivity contribution >= 4 is 17.5 Å². The van der Waals surface area contributed by atoms with Crippen molar-refractivity contribution in [2.45, 2.75) is 26.3 Å². The number of rotatable bonds is 3. The minimum Gasteiger partial charge on any atom is -0.463 e. The molecule has 2 aromatic heterocycles. The summed E-state index contributed by atoms with van der Waals surface area (Å²) in [4.78, 5) is 12.7. The molecule has 24 heavy (non-hydrogen) atoms. The zero-order valence-corrected chi connectivity index (χ0v) is 14.5. The molecule has 1 N–H and O–H groups in total. The molecule has 0 fully saturated rings. The van der Waals surface area contributed by atoms with Gasteiger partial charge >= 0.3 is 0 Å². The molecule has 1 aromatic carbocycles. The van der Waals surface area contributed by atoms with E-state index < -0.39 is 0 Å². The van der Waals surface area contributed by atoms with Gasteiger partial charge in [0.1, 0.15) is 11.4 Å². The van der Waals surface area contributed by atoms with Crippen LogP contribution < -0.4 is 5.32 Å². The fourth-order valence-electron chi connectivity index (χ4n) is 2.30. The van der Waals surface area contributed by atoms with Crippen molar-refractivity contribution in [2.75, 3.05) is 0 Å². The topological polar surface area (TPSA) is 60.1 Å². The second-order valence-corrected chi connectivity index (χ2v) is 6.87. The third-order valence-electron chi connectivity index (χ3n) is 3.28. The van der Waals surface area contributed by atoms with Crippen molar-refractivity contribution in [2.24, 2.45) is 0 Å². The summed E-state index contributed by atoms with van der Waals surface area (Å²) in [6.07, 6.45) is 1.57. The lowest BCUT2D eigenvalue weighted by atomic mass is 10.1. The Morgan fingerprint density at radius 2 is 1.96 bits per heavy atom. The Hall–Kier alpha value is -2.53. The molecule has 124 valence electrons. The van der Waals surface area contributed by atoms with Gasteiger partial charge in [0.15, 0.2) is 5.76 Å². The van der Waals surface area contributed by atoms with Crippen LogP contribution in [0.1, 0.15) is 31.3 Å². The Morgan fingerprint density at radius 1 is 1.21 bits per heavy atom. The van der Waals surface area contributed by atoms with Gasteiger partial charge < -0.3 is 9.73 Å². The van der Waals surface area contributed by atoms with E-state index in [1.807, 2.05) is 39.0 Å². The smallest absolute Gasteiger partial charge is 0.270 e. The molecule has 0 aliphatic rings. The number of nitrogens with zero attached hydrogens (tertiary/aromatic N) is 2. The molecular formula is C18H18ClN3O2. The SMILES string of the molecule is CC(C)(C)NC(=O)c1cc(-c2ccco2)nn1-c1ccccc1Cl. The Balaban J connectivity index is 2.12. The third kappa shape index (κ3) is 3.36. The first-order valence-electron chi connectivity index (χ1n) is 7.56. The predicted molar refractivity (Wildman–Crippen MR) is 93.5 cm³/mol. The van der Waals surface area contributed by atoms with Crippen LogP contribution in [-0.2, 0) is 0 Å². The Labute approximate surface area is 145 Å². The predicted octanol–water partition coefficient (Wildman–Crippen LogP) is 4.31. The normalized spacial score (nSPS) is 11.5. The molecule has 5 nitrogen and oxygen atoms in total. The summed E-state index contributed by atoms with van der Waals surface area (Å²) < 4.78 is 6.94. The minimum absolute atomic E-state index is 0.229. The van der Waals surface area contributed by atoms with Gasteiger partial charge in [-0.1, -0.05) is 23.7 Å². The van der Waals surface area contributed by atoms with Crippen LogP contribution in [0.4, 0.5) is 0 Å². The molecule has 0 unspecified atom stereocenters. The number of amides is 1. The van der Waals surface area contributed by atoms with Crippen molar-refractivity contribution in [1.82, 2.24) is 15.1 Å². The van der Waals surface area contributed by atoms with Crippen LogP contribution in [-0.4, -0.2) is 21.2 Å². The summed E-state index contributed by atoms with van der Waals surface area (Å²) in [6, 6.07) is 12.5. The van der Waals surface area contributed by atoms with Gasteiger partial charge in [-0.05, 0) is 45.0 Å². The van der Waals surface area contributed by atoms with Crippen LogP contribution in [0.3, 0.4) is 0 Å². The van der Waals surface area contributed by atoms with Gasteiger partial charge in [-0.25, -0.2) is 4.68 Å². The van der Waals surface area contributed by atoms with Crippen molar-refractivity contribution < 1.29 is 9.21 Å². The van der Waals surface area contributed by atoms with Crippen LogP contribution in [0.15, 0.2) is 53.1 Å². The molecule has 3 aromatic rings. The largest absolute Gasteiger partial charge is 0.463 e. The van der Waals surface area contributed by atoms with Gasteiger partial charge in [-0.2, -0.15) is 5.10 Å². The first-order valence-corrected chi connectivity index (χ1v) is 7.94. The molecule has 0 saturated heterocycles. The molecule has 0 saturated carbocycles. The number of carbonyl (C=O) groups excluding carboxylic acids is 1. The lowest BCUT2D eigenvalue weighted by Crippen LogP contribution is -2.41.